The Morgan fingerprint density at radius 3 is 2.15 bits per heavy atom. The summed E-state index contributed by atoms with van der Waals surface area (Å²) in [6, 6.07) is 7.43. The van der Waals surface area contributed by atoms with Crippen molar-refractivity contribution in [3.8, 4) is 17.2 Å². The van der Waals surface area contributed by atoms with Crippen molar-refractivity contribution in [1.29, 1.82) is 0 Å². The number of hydrogen-bond acceptors (Lipinski definition) is 8. The number of ether oxygens (including phenoxy) is 3. The van der Waals surface area contributed by atoms with Gasteiger partial charge in [0.15, 0.2) is 9.84 Å². The number of alkyl halides is 3. The van der Waals surface area contributed by atoms with E-state index in [1.165, 1.54) is 36.4 Å². The maximum Gasteiger partial charge on any atom is 0.573 e. The molecule has 3 rings (SSSR count). The van der Waals surface area contributed by atoms with Crippen molar-refractivity contribution < 1.29 is 50.6 Å². The molecule has 1 fully saturated rings. The van der Waals surface area contributed by atoms with Crippen molar-refractivity contribution in [2.24, 2.45) is 0 Å². The second kappa shape index (κ2) is 9.54. The second-order valence-corrected chi connectivity index (χ2v) is 8.81. The van der Waals surface area contributed by atoms with Gasteiger partial charge in [-0.3, -0.25) is 10.0 Å². The number of carbonyl (C=O) groups excluding carboxylic acids is 2. The SMILES string of the molecule is O=CN(O)[C@@H](CS(=O)(=O)c1ccc(Oc2ccc(OC(F)(F)F)cc2)cc1)[C@H]1COC(=O)N1. The number of halogens is 3. The van der Waals surface area contributed by atoms with Gasteiger partial charge in [0.1, 0.15) is 23.9 Å². The Morgan fingerprint density at radius 1 is 1.12 bits per heavy atom. The number of hydroxylamine groups is 2. The van der Waals surface area contributed by atoms with Gasteiger partial charge in [-0.1, -0.05) is 0 Å². The topological polar surface area (TPSA) is 131 Å². The molecule has 0 aromatic heterocycles. The standard InChI is InChI=1S/C19H17F3N2O8S/c20-19(21,22)32-14-3-1-12(2-4-14)31-13-5-7-15(8-6-13)33(28,29)10-17(24(27)11-25)16-9-30-18(26)23-16/h1-8,11,16-17,27H,9-10H2,(H,23,26)/t16-,17+/m1/s1. The third-order valence-corrected chi connectivity index (χ3v) is 6.25. The fourth-order valence-corrected chi connectivity index (χ4v) is 4.52. The van der Waals surface area contributed by atoms with Gasteiger partial charge in [-0.2, -0.15) is 0 Å². The first-order chi connectivity index (χ1) is 15.5. The van der Waals surface area contributed by atoms with Crippen LogP contribution in [0.2, 0.25) is 0 Å². The van der Waals surface area contributed by atoms with E-state index in [1.807, 2.05) is 0 Å². The second-order valence-electron chi connectivity index (χ2n) is 6.78. The summed E-state index contributed by atoms with van der Waals surface area (Å²) in [6.45, 7) is -0.233. The molecule has 1 aliphatic heterocycles. The van der Waals surface area contributed by atoms with E-state index in [4.69, 9.17) is 4.74 Å². The lowest BCUT2D eigenvalue weighted by Crippen LogP contribution is -2.51. The maximum atomic E-state index is 12.8. The molecular formula is C19H17F3N2O8S. The highest BCUT2D eigenvalue weighted by Crippen LogP contribution is 2.28. The van der Waals surface area contributed by atoms with Crippen LogP contribution in [0.1, 0.15) is 0 Å². The van der Waals surface area contributed by atoms with E-state index >= 15 is 0 Å². The number of cyclic esters (lactones) is 1. The number of nitrogens with one attached hydrogen (secondary N) is 1. The number of benzene rings is 2. The molecule has 2 N–H and O–H groups in total. The molecule has 2 amide bonds. The third-order valence-electron chi connectivity index (χ3n) is 4.48. The van der Waals surface area contributed by atoms with Crippen LogP contribution in [0, 0.1) is 0 Å². The van der Waals surface area contributed by atoms with Crippen LogP contribution in [0.25, 0.3) is 0 Å². The van der Waals surface area contributed by atoms with E-state index in [1.54, 1.807) is 0 Å². The maximum absolute atomic E-state index is 12.8. The Morgan fingerprint density at radius 2 is 1.67 bits per heavy atom. The molecule has 1 heterocycles. The molecule has 0 bridgehead atoms. The van der Waals surface area contributed by atoms with Gasteiger partial charge in [0.25, 0.3) is 0 Å². The number of hydrogen-bond donors (Lipinski definition) is 2. The van der Waals surface area contributed by atoms with Crippen molar-refractivity contribution in [2.75, 3.05) is 12.4 Å². The minimum absolute atomic E-state index is 0.0205. The van der Waals surface area contributed by atoms with E-state index in [2.05, 4.69) is 14.8 Å². The summed E-state index contributed by atoms with van der Waals surface area (Å²) in [4.78, 5) is 22.0. The number of nitrogens with zero attached hydrogens (tertiary/aromatic N) is 1. The zero-order valence-electron chi connectivity index (χ0n) is 16.6. The van der Waals surface area contributed by atoms with E-state index in [0.717, 1.165) is 12.1 Å². The van der Waals surface area contributed by atoms with E-state index in [-0.39, 0.29) is 34.5 Å². The molecule has 0 saturated carbocycles. The summed E-state index contributed by atoms with van der Waals surface area (Å²) in [5, 5.41) is 12.2. The molecule has 0 unspecified atom stereocenters. The summed E-state index contributed by atoms with van der Waals surface area (Å²) in [5.41, 5.74) is 0. The average Bonchev–Trinajstić information content (AvgIpc) is 3.18. The van der Waals surface area contributed by atoms with E-state index in [9.17, 15) is 36.4 Å². The fraction of sp³-hybridized carbons (Fsp3) is 0.263. The summed E-state index contributed by atoms with van der Waals surface area (Å²) in [5.74, 6) is -0.762. The minimum atomic E-state index is -4.82. The average molecular weight is 490 g/mol. The Bertz CT molecular complexity index is 1090. The third kappa shape index (κ3) is 6.49. The number of rotatable bonds is 9. The summed E-state index contributed by atoms with van der Waals surface area (Å²) in [6.07, 6.45) is -5.61. The van der Waals surface area contributed by atoms with Crippen LogP contribution in [-0.4, -0.2) is 62.0 Å². The molecule has 178 valence electrons. The predicted octanol–water partition coefficient (Wildman–Crippen LogP) is 2.48. The molecule has 2 atom stereocenters. The Balaban J connectivity index is 1.69. The van der Waals surface area contributed by atoms with Gasteiger partial charge in [-0.25, -0.2) is 18.3 Å². The van der Waals surface area contributed by atoms with Gasteiger partial charge in [-0.15, -0.1) is 13.2 Å². The van der Waals surface area contributed by atoms with Gasteiger partial charge >= 0.3 is 12.5 Å². The van der Waals surface area contributed by atoms with Crippen molar-refractivity contribution in [2.45, 2.75) is 23.3 Å². The summed E-state index contributed by atoms with van der Waals surface area (Å²) < 4.78 is 76.1. The zero-order valence-corrected chi connectivity index (χ0v) is 17.4. The van der Waals surface area contributed by atoms with E-state index < -0.39 is 45.9 Å². The smallest absolute Gasteiger partial charge is 0.457 e. The lowest BCUT2D eigenvalue weighted by atomic mass is 10.1. The van der Waals surface area contributed by atoms with Crippen LogP contribution < -0.4 is 14.8 Å². The molecule has 0 aliphatic carbocycles. The van der Waals surface area contributed by atoms with Crippen molar-refractivity contribution in [1.82, 2.24) is 10.4 Å². The molecular weight excluding hydrogens is 473 g/mol. The molecule has 33 heavy (non-hydrogen) atoms. The number of sulfone groups is 1. The monoisotopic (exact) mass is 490 g/mol. The van der Waals surface area contributed by atoms with Crippen LogP contribution in [0.3, 0.4) is 0 Å². The lowest BCUT2D eigenvalue weighted by molar-refractivity contribution is -0.274. The van der Waals surface area contributed by atoms with Crippen molar-refractivity contribution in [3.63, 3.8) is 0 Å². The van der Waals surface area contributed by atoms with Crippen LogP contribution >= 0.6 is 0 Å². The van der Waals surface area contributed by atoms with Gasteiger partial charge < -0.3 is 19.5 Å². The molecule has 10 nitrogen and oxygen atoms in total. The first-order valence-corrected chi connectivity index (χ1v) is 10.8. The number of amides is 2. The predicted molar refractivity (Wildman–Crippen MR) is 103 cm³/mol. The Hall–Kier alpha value is -3.52. The fourth-order valence-electron chi connectivity index (χ4n) is 2.94. The van der Waals surface area contributed by atoms with Crippen molar-refractivity contribution in [3.05, 3.63) is 48.5 Å². The summed E-state index contributed by atoms with van der Waals surface area (Å²) in [7, 11) is -4.03. The summed E-state index contributed by atoms with van der Waals surface area (Å²) >= 11 is 0. The largest absolute Gasteiger partial charge is 0.573 e. The minimum Gasteiger partial charge on any atom is -0.457 e. The first kappa shape index (κ1) is 24.1. The molecule has 0 radical (unpaired) electrons. The molecule has 0 spiro atoms. The lowest BCUT2D eigenvalue weighted by Gasteiger charge is -2.26. The van der Waals surface area contributed by atoms with Gasteiger partial charge in [0, 0.05) is 0 Å². The highest BCUT2D eigenvalue weighted by Gasteiger charge is 2.37. The van der Waals surface area contributed by atoms with Crippen molar-refractivity contribution >= 4 is 22.3 Å². The van der Waals surface area contributed by atoms with Gasteiger partial charge in [0.05, 0.1) is 22.7 Å². The molecule has 14 heteroatoms. The molecule has 2 aromatic rings. The quantitative estimate of drug-likeness (QED) is 0.311. The van der Waals surface area contributed by atoms with Crippen LogP contribution in [0.15, 0.2) is 53.4 Å². The molecule has 2 aromatic carbocycles. The number of carbonyl (C=O) groups is 2. The zero-order chi connectivity index (χ0) is 24.2. The Labute approximate surface area is 185 Å². The Kier molecular flexibility index (Phi) is 6.98. The molecule has 1 saturated heterocycles. The van der Waals surface area contributed by atoms with Crippen LogP contribution in [0.4, 0.5) is 18.0 Å². The van der Waals surface area contributed by atoms with E-state index in [0.29, 0.717) is 0 Å². The first-order valence-electron chi connectivity index (χ1n) is 9.19. The highest BCUT2D eigenvalue weighted by molar-refractivity contribution is 7.91. The normalized spacial score (nSPS) is 17.0. The van der Waals surface area contributed by atoms with Crippen LogP contribution in [0.5, 0.6) is 17.2 Å². The molecule has 1 aliphatic rings. The van der Waals surface area contributed by atoms with Gasteiger partial charge in [0.2, 0.25) is 6.41 Å². The highest BCUT2D eigenvalue weighted by atomic mass is 32.2. The van der Waals surface area contributed by atoms with Crippen LogP contribution in [-0.2, 0) is 19.4 Å². The number of alkyl carbamates (subject to hydrolysis) is 1. The van der Waals surface area contributed by atoms with Gasteiger partial charge in [-0.05, 0) is 48.5 Å².